The van der Waals surface area contributed by atoms with Crippen LogP contribution in [-0.4, -0.2) is 28.9 Å². The number of nitrogens with zero attached hydrogens (tertiary/aromatic N) is 1. The Morgan fingerprint density at radius 1 is 1.14 bits per heavy atom. The smallest absolute Gasteiger partial charge is 0.343 e. The summed E-state index contributed by atoms with van der Waals surface area (Å²) in [6, 6.07) is 14.7. The van der Waals surface area contributed by atoms with Crippen molar-refractivity contribution < 1.29 is 18.0 Å². The third-order valence-corrected chi connectivity index (χ3v) is 6.57. The van der Waals surface area contributed by atoms with Crippen molar-refractivity contribution in [1.82, 2.24) is 10.2 Å². The predicted octanol–water partition coefficient (Wildman–Crippen LogP) is 5.19. The number of carbonyl (C=O) groups is 1. The molecular weight excluding hydrogens is 377 g/mol. The van der Waals surface area contributed by atoms with Gasteiger partial charge in [0.25, 0.3) is 5.91 Å². The second kappa shape index (κ2) is 7.48. The maximum Gasteiger partial charge on any atom is 0.416 e. The Balaban J connectivity index is 1.68. The molecule has 2 bridgehead atoms. The molecule has 0 spiro atoms. The minimum absolute atomic E-state index is 0.0350. The quantitative estimate of drug-likeness (QED) is 0.746. The van der Waals surface area contributed by atoms with E-state index in [1.54, 1.807) is 0 Å². The second-order valence-corrected chi connectivity index (χ2v) is 8.02. The van der Waals surface area contributed by atoms with E-state index in [4.69, 9.17) is 0 Å². The lowest BCUT2D eigenvalue weighted by molar-refractivity contribution is -0.137. The largest absolute Gasteiger partial charge is 0.416 e. The predicted molar refractivity (Wildman–Crippen MR) is 105 cm³/mol. The first-order valence-corrected chi connectivity index (χ1v) is 10.1. The van der Waals surface area contributed by atoms with Gasteiger partial charge in [0.2, 0.25) is 0 Å². The van der Waals surface area contributed by atoms with Gasteiger partial charge in [0, 0.05) is 17.1 Å². The Morgan fingerprint density at radius 2 is 1.83 bits per heavy atom. The summed E-state index contributed by atoms with van der Waals surface area (Å²) in [6.45, 7) is 3.03. The standard InChI is InChI=1S/C23H25F3N2O/c1-2-28-19-11-13-22(28,14-12-19)20(16-7-4-3-5-8-16)27-21(29)17-9-6-10-18(15-17)23(24,25)26/h3-10,15,19-20H,2,11-14H2,1H3,(H,27,29). The summed E-state index contributed by atoms with van der Waals surface area (Å²) in [5, 5.41) is 3.10. The van der Waals surface area contributed by atoms with E-state index >= 15 is 0 Å². The molecule has 2 aliphatic heterocycles. The lowest BCUT2D eigenvalue weighted by Crippen LogP contribution is -2.52. The van der Waals surface area contributed by atoms with Crippen molar-refractivity contribution >= 4 is 5.91 Å². The van der Waals surface area contributed by atoms with Gasteiger partial charge < -0.3 is 5.32 Å². The molecule has 1 atom stereocenters. The lowest BCUT2D eigenvalue weighted by Gasteiger charge is -2.42. The Bertz CT molecular complexity index is 873. The third-order valence-electron chi connectivity index (χ3n) is 6.57. The number of halogens is 3. The molecule has 0 radical (unpaired) electrons. The van der Waals surface area contributed by atoms with Crippen LogP contribution in [0.15, 0.2) is 54.6 Å². The summed E-state index contributed by atoms with van der Waals surface area (Å²) in [7, 11) is 0. The molecule has 1 N–H and O–H groups in total. The molecule has 2 aromatic carbocycles. The van der Waals surface area contributed by atoms with Crippen molar-refractivity contribution in [2.75, 3.05) is 6.54 Å². The summed E-state index contributed by atoms with van der Waals surface area (Å²) in [4.78, 5) is 15.5. The minimum atomic E-state index is -4.48. The molecule has 4 rings (SSSR count). The summed E-state index contributed by atoms with van der Waals surface area (Å²) in [5.74, 6) is -0.467. The number of carbonyl (C=O) groups excluding carboxylic acids is 1. The van der Waals surface area contributed by atoms with Gasteiger partial charge in [-0.2, -0.15) is 13.2 Å². The van der Waals surface area contributed by atoms with Gasteiger partial charge in [0.05, 0.1) is 11.6 Å². The molecule has 2 heterocycles. The average molecular weight is 402 g/mol. The first-order valence-electron chi connectivity index (χ1n) is 10.1. The van der Waals surface area contributed by atoms with E-state index in [1.165, 1.54) is 12.1 Å². The van der Waals surface area contributed by atoms with Crippen molar-refractivity contribution in [2.45, 2.75) is 56.4 Å². The van der Waals surface area contributed by atoms with Crippen LogP contribution in [0.25, 0.3) is 0 Å². The fraction of sp³-hybridized carbons (Fsp3) is 0.435. The number of alkyl halides is 3. The average Bonchev–Trinajstić information content (AvgIpc) is 3.27. The number of hydrogen-bond donors (Lipinski definition) is 1. The number of hydrogen-bond acceptors (Lipinski definition) is 2. The van der Waals surface area contributed by atoms with Gasteiger partial charge >= 0.3 is 6.18 Å². The van der Waals surface area contributed by atoms with Gasteiger partial charge in [-0.05, 0) is 56.0 Å². The Labute approximate surface area is 168 Å². The highest BCUT2D eigenvalue weighted by atomic mass is 19.4. The first-order chi connectivity index (χ1) is 13.8. The van der Waals surface area contributed by atoms with Crippen molar-refractivity contribution in [3.05, 3.63) is 71.3 Å². The maximum atomic E-state index is 13.1. The zero-order valence-electron chi connectivity index (χ0n) is 16.4. The van der Waals surface area contributed by atoms with Gasteiger partial charge in [-0.25, -0.2) is 0 Å². The van der Waals surface area contributed by atoms with Crippen LogP contribution in [0.2, 0.25) is 0 Å². The van der Waals surface area contributed by atoms with E-state index in [0.29, 0.717) is 6.04 Å². The normalized spacial score (nSPS) is 25.2. The molecule has 1 unspecified atom stereocenters. The summed E-state index contributed by atoms with van der Waals surface area (Å²) in [6.07, 6.45) is -0.327. The van der Waals surface area contributed by atoms with Crippen LogP contribution in [-0.2, 0) is 6.18 Å². The third kappa shape index (κ3) is 3.54. The van der Waals surface area contributed by atoms with Crippen molar-refractivity contribution in [1.29, 1.82) is 0 Å². The van der Waals surface area contributed by atoms with Crippen molar-refractivity contribution in [2.24, 2.45) is 0 Å². The minimum Gasteiger partial charge on any atom is -0.343 e. The van der Waals surface area contributed by atoms with Gasteiger partial charge in [0.1, 0.15) is 0 Å². The molecule has 0 aliphatic carbocycles. The Hall–Kier alpha value is -2.34. The van der Waals surface area contributed by atoms with Crippen LogP contribution in [0.5, 0.6) is 0 Å². The highest BCUT2D eigenvalue weighted by Gasteiger charge is 2.55. The molecule has 154 valence electrons. The van der Waals surface area contributed by atoms with Gasteiger partial charge in [-0.1, -0.05) is 43.3 Å². The molecule has 0 saturated carbocycles. The number of likely N-dealkylation sites (N-methyl/N-ethyl adjacent to an activating group) is 1. The topological polar surface area (TPSA) is 32.3 Å². The van der Waals surface area contributed by atoms with E-state index in [9.17, 15) is 18.0 Å². The molecule has 1 amide bonds. The van der Waals surface area contributed by atoms with E-state index < -0.39 is 17.6 Å². The monoisotopic (exact) mass is 402 g/mol. The first kappa shape index (κ1) is 20.0. The Morgan fingerprint density at radius 3 is 2.45 bits per heavy atom. The lowest BCUT2D eigenvalue weighted by atomic mass is 9.78. The molecule has 0 aromatic heterocycles. The van der Waals surface area contributed by atoms with Crippen molar-refractivity contribution in [3.8, 4) is 0 Å². The molecule has 29 heavy (non-hydrogen) atoms. The van der Waals surface area contributed by atoms with Crippen LogP contribution < -0.4 is 5.32 Å². The molecule has 2 saturated heterocycles. The SMILES string of the molecule is CCN1C2CCC1(C(NC(=O)c1cccc(C(F)(F)F)c1)c1ccccc1)CC2. The highest BCUT2D eigenvalue weighted by molar-refractivity contribution is 5.94. The van der Waals surface area contributed by atoms with Gasteiger partial charge in [-0.3, -0.25) is 9.69 Å². The molecule has 2 fully saturated rings. The van der Waals surface area contributed by atoms with Crippen LogP contribution >= 0.6 is 0 Å². The number of amides is 1. The summed E-state index contributed by atoms with van der Waals surface area (Å²) >= 11 is 0. The summed E-state index contributed by atoms with van der Waals surface area (Å²) in [5.41, 5.74) is 0.0380. The van der Waals surface area contributed by atoms with E-state index in [0.717, 1.165) is 49.9 Å². The van der Waals surface area contributed by atoms with Crippen LogP contribution in [0.1, 0.15) is 60.1 Å². The number of rotatable bonds is 5. The Kier molecular flexibility index (Phi) is 5.15. The van der Waals surface area contributed by atoms with Gasteiger partial charge in [-0.15, -0.1) is 0 Å². The van der Waals surface area contributed by atoms with Crippen LogP contribution in [0.3, 0.4) is 0 Å². The second-order valence-electron chi connectivity index (χ2n) is 8.02. The van der Waals surface area contributed by atoms with E-state index in [1.807, 2.05) is 30.3 Å². The molecule has 3 nitrogen and oxygen atoms in total. The number of nitrogens with one attached hydrogen (secondary N) is 1. The van der Waals surface area contributed by atoms with Crippen LogP contribution in [0, 0.1) is 0 Å². The van der Waals surface area contributed by atoms with Crippen LogP contribution in [0.4, 0.5) is 13.2 Å². The number of benzene rings is 2. The summed E-state index contributed by atoms with van der Waals surface area (Å²) < 4.78 is 39.3. The van der Waals surface area contributed by atoms with Crippen molar-refractivity contribution in [3.63, 3.8) is 0 Å². The highest BCUT2D eigenvalue weighted by Crippen LogP contribution is 2.52. The van der Waals surface area contributed by atoms with E-state index in [-0.39, 0.29) is 17.1 Å². The number of fused-ring (bicyclic) bond motifs is 2. The zero-order valence-corrected chi connectivity index (χ0v) is 16.4. The fourth-order valence-electron chi connectivity index (χ4n) is 5.32. The molecule has 2 aromatic rings. The molecular formula is C23H25F3N2O. The molecule has 6 heteroatoms. The van der Waals surface area contributed by atoms with E-state index in [2.05, 4.69) is 17.1 Å². The zero-order chi connectivity index (χ0) is 20.6. The fourth-order valence-corrected chi connectivity index (χ4v) is 5.32. The van der Waals surface area contributed by atoms with Gasteiger partial charge in [0.15, 0.2) is 0 Å². The maximum absolute atomic E-state index is 13.1. The molecule has 2 aliphatic rings.